The number of hydrogen-bond donors (Lipinski definition) is 2. The van der Waals surface area contributed by atoms with Gasteiger partial charge in [-0.3, -0.25) is 14.6 Å². The summed E-state index contributed by atoms with van der Waals surface area (Å²) in [6.45, 7) is 11.5. The van der Waals surface area contributed by atoms with E-state index in [1.807, 2.05) is 41.5 Å². The molecule has 2 rings (SSSR count). The van der Waals surface area contributed by atoms with E-state index in [1.165, 1.54) is 11.3 Å². The predicted octanol–water partition coefficient (Wildman–Crippen LogP) is 2.55. The van der Waals surface area contributed by atoms with Gasteiger partial charge in [-0.2, -0.15) is 0 Å². The summed E-state index contributed by atoms with van der Waals surface area (Å²) >= 11 is 1.34. The second kappa shape index (κ2) is 5.46. The molecule has 1 aliphatic heterocycles. The Labute approximate surface area is 134 Å². The van der Waals surface area contributed by atoms with Gasteiger partial charge in [-0.15, -0.1) is 0 Å². The van der Waals surface area contributed by atoms with Crippen molar-refractivity contribution < 1.29 is 9.59 Å². The summed E-state index contributed by atoms with van der Waals surface area (Å²) in [7, 11) is 0. The summed E-state index contributed by atoms with van der Waals surface area (Å²) < 4.78 is 0. The zero-order valence-electron chi connectivity index (χ0n) is 13.8. The van der Waals surface area contributed by atoms with Gasteiger partial charge in [0.1, 0.15) is 5.84 Å². The molecule has 1 aliphatic rings. The standard InChI is InChI=1S/C15H22N4O2S/c1-14(2,3)11(20)18-10-9-8(7-16-10)17-13(22-9)19-12(21)15(4,5)6/h7H2,1-6H3,(H,16,18,20)(H,17,19,21). The van der Waals surface area contributed by atoms with Crippen LogP contribution in [-0.4, -0.2) is 22.6 Å². The minimum absolute atomic E-state index is 0.0860. The summed E-state index contributed by atoms with van der Waals surface area (Å²) in [5, 5.41) is 6.20. The Bertz CT molecular complexity index is 647. The van der Waals surface area contributed by atoms with Gasteiger partial charge in [0.15, 0.2) is 5.13 Å². The molecule has 2 amide bonds. The molecule has 1 aromatic heterocycles. The molecule has 0 fully saturated rings. The molecule has 120 valence electrons. The molecule has 0 aromatic carbocycles. The lowest BCUT2D eigenvalue weighted by Gasteiger charge is -2.17. The molecule has 6 nitrogen and oxygen atoms in total. The van der Waals surface area contributed by atoms with Gasteiger partial charge in [-0.25, -0.2) is 4.98 Å². The number of fused-ring (bicyclic) bond motifs is 1. The fourth-order valence-electron chi connectivity index (χ4n) is 1.60. The number of thiazole rings is 1. The zero-order valence-corrected chi connectivity index (χ0v) is 14.6. The second-order valence-electron chi connectivity index (χ2n) is 7.37. The van der Waals surface area contributed by atoms with Crippen molar-refractivity contribution in [3.63, 3.8) is 0 Å². The highest BCUT2D eigenvalue weighted by atomic mass is 32.1. The maximum absolute atomic E-state index is 12.1. The summed E-state index contributed by atoms with van der Waals surface area (Å²) in [5.74, 6) is 0.369. The number of anilines is 1. The lowest BCUT2D eigenvalue weighted by atomic mass is 9.96. The van der Waals surface area contributed by atoms with Crippen molar-refractivity contribution in [2.24, 2.45) is 15.8 Å². The first-order valence-electron chi connectivity index (χ1n) is 7.16. The van der Waals surface area contributed by atoms with Crippen LogP contribution in [0.4, 0.5) is 5.13 Å². The van der Waals surface area contributed by atoms with Crippen molar-refractivity contribution >= 4 is 34.1 Å². The number of amidine groups is 1. The smallest absolute Gasteiger partial charge is 0.231 e. The highest BCUT2D eigenvalue weighted by Crippen LogP contribution is 2.29. The van der Waals surface area contributed by atoms with E-state index in [2.05, 4.69) is 20.6 Å². The lowest BCUT2D eigenvalue weighted by Crippen LogP contribution is -2.38. The summed E-state index contributed by atoms with van der Waals surface area (Å²) in [6.07, 6.45) is 0. The number of aliphatic imine (C=N–C) groups is 1. The van der Waals surface area contributed by atoms with Gasteiger partial charge >= 0.3 is 0 Å². The Balaban J connectivity index is 2.13. The van der Waals surface area contributed by atoms with Crippen LogP contribution in [0.25, 0.3) is 0 Å². The molecule has 0 radical (unpaired) electrons. The third kappa shape index (κ3) is 3.52. The number of amides is 2. The topological polar surface area (TPSA) is 83.4 Å². The minimum Gasteiger partial charge on any atom is -0.309 e. The van der Waals surface area contributed by atoms with E-state index in [-0.39, 0.29) is 11.8 Å². The maximum atomic E-state index is 12.1. The zero-order chi connectivity index (χ0) is 16.7. The highest BCUT2D eigenvalue weighted by molar-refractivity contribution is 7.18. The van der Waals surface area contributed by atoms with Crippen LogP contribution in [0.2, 0.25) is 0 Å². The van der Waals surface area contributed by atoms with Crippen LogP contribution in [-0.2, 0) is 16.1 Å². The van der Waals surface area contributed by atoms with Gasteiger partial charge in [0.05, 0.1) is 17.1 Å². The van der Waals surface area contributed by atoms with Gasteiger partial charge in [-0.1, -0.05) is 52.9 Å². The fraction of sp³-hybridized carbons (Fsp3) is 0.600. The van der Waals surface area contributed by atoms with Gasteiger partial charge in [0.2, 0.25) is 11.8 Å². The Morgan fingerprint density at radius 3 is 2.09 bits per heavy atom. The first kappa shape index (κ1) is 16.6. The van der Waals surface area contributed by atoms with Gasteiger partial charge in [0, 0.05) is 10.8 Å². The van der Waals surface area contributed by atoms with Gasteiger partial charge in [-0.05, 0) is 0 Å². The second-order valence-corrected chi connectivity index (χ2v) is 8.37. The number of aromatic nitrogens is 1. The van der Waals surface area contributed by atoms with E-state index < -0.39 is 10.8 Å². The number of hydrogen-bond acceptors (Lipinski definition) is 5. The van der Waals surface area contributed by atoms with Crippen LogP contribution in [0.1, 0.15) is 52.1 Å². The molecule has 2 heterocycles. The van der Waals surface area contributed by atoms with Crippen LogP contribution in [0.15, 0.2) is 4.99 Å². The van der Waals surface area contributed by atoms with Crippen LogP contribution >= 0.6 is 11.3 Å². The number of nitrogens with zero attached hydrogens (tertiary/aromatic N) is 2. The molecule has 0 aliphatic carbocycles. The van der Waals surface area contributed by atoms with Gasteiger partial charge in [0.25, 0.3) is 0 Å². The van der Waals surface area contributed by atoms with E-state index in [4.69, 9.17) is 0 Å². The Hall–Kier alpha value is -1.76. The Kier molecular flexibility index (Phi) is 4.12. The monoisotopic (exact) mass is 322 g/mol. The molecular formula is C15H22N4O2S. The molecule has 1 aromatic rings. The third-order valence-electron chi connectivity index (χ3n) is 3.11. The predicted molar refractivity (Wildman–Crippen MR) is 88.0 cm³/mol. The Morgan fingerprint density at radius 2 is 1.55 bits per heavy atom. The van der Waals surface area contributed by atoms with Crippen molar-refractivity contribution in [2.75, 3.05) is 5.32 Å². The van der Waals surface area contributed by atoms with Crippen LogP contribution in [0.5, 0.6) is 0 Å². The largest absolute Gasteiger partial charge is 0.309 e. The molecular weight excluding hydrogens is 300 g/mol. The van der Waals surface area contributed by atoms with E-state index in [1.54, 1.807) is 0 Å². The maximum Gasteiger partial charge on any atom is 0.231 e. The molecule has 7 heteroatoms. The number of nitrogens with one attached hydrogen (secondary N) is 2. The summed E-state index contributed by atoms with van der Waals surface area (Å²) in [4.78, 5) is 33.6. The van der Waals surface area contributed by atoms with E-state index in [9.17, 15) is 9.59 Å². The van der Waals surface area contributed by atoms with Crippen molar-refractivity contribution in [1.82, 2.24) is 10.3 Å². The first-order chi connectivity index (χ1) is 9.98. The molecule has 0 atom stereocenters. The first-order valence-corrected chi connectivity index (χ1v) is 7.97. The average molecular weight is 322 g/mol. The average Bonchev–Trinajstić information content (AvgIpc) is 2.88. The number of rotatable bonds is 1. The van der Waals surface area contributed by atoms with E-state index >= 15 is 0 Å². The van der Waals surface area contributed by atoms with Crippen LogP contribution in [0, 0.1) is 10.8 Å². The van der Waals surface area contributed by atoms with Crippen molar-refractivity contribution in [1.29, 1.82) is 0 Å². The molecule has 0 saturated carbocycles. The molecule has 0 saturated heterocycles. The van der Waals surface area contributed by atoms with Crippen LogP contribution in [0.3, 0.4) is 0 Å². The number of carbonyl (C=O) groups is 2. The quantitative estimate of drug-likeness (QED) is 0.833. The lowest BCUT2D eigenvalue weighted by molar-refractivity contribution is -0.127. The highest BCUT2D eigenvalue weighted by Gasteiger charge is 2.29. The Morgan fingerprint density at radius 1 is 1.00 bits per heavy atom. The SMILES string of the molecule is CC(C)(C)C(=O)NC1=NCc2nc(NC(=O)C(C)(C)C)sc21. The van der Waals surface area contributed by atoms with E-state index in [0.29, 0.717) is 17.5 Å². The third-order valence-corrected chi connectivity index (χ3v) is 4.13. The summed E-state index contributed by atoms with van der Waals surface area (Å²) in [5.41, 5.74) is -0.175. The van der Waals surface area contributed by atoms with E-state index in [0.717, 1.165) is 10.6 Å². The molecule has 2 N–H and O–H groups in total. The normalized spacial score (nSPS) is 14.4. The number of carbonyl (C=O) groups excluding carboxylic acids is 2. The van der Waals surface area contributed by atoms with Crippen LogP contribution < -0.4 is 10.6 Å². The van der Waals surface area contributed by atoms with Crippen molar-refractivity contribution in [2.45, 2.75) is 48.1 Å². The minimum atomic E-state index is -0.487. The van der Waals surface area contributed by atoms with Crippen molar-refractivity contribution in [3.05, 3.63) is 10.6 Å². The molecule has 22 heavy (non-hydrogen) atoms. The molecule has 0 bridgehead atoms. The molecule has 0 spiro atoms. The fourth-order valence-corrected chi connectivity index (χ4v) is 2.53. The summed E-state index contributed by atoms with van der Waals surface area (Å²) in [6, 6.07) is 0. The van der Waals surface area contributed by atoms with Crippen molar-refractivity contribution in [3.8, 4) is 0 Å². The van der Waals surface area contributed by atoms with Gasteiger partial charge < -0.3 is 10.6 Å². The molecule has 0 unspecified atom stereocenters.